The molecule has 1 atom stereocenters. The van der Waals surface area contributed by atoms with Crippen molar-refractivity contribution >= 4 is 23.7 Å². The highest BCUT2D eigenvalue weighted by Gasteiger charge is 2.27. The molecule has 1 saturated heterocycles. The fraction of sp³-hybridized carbons (Fsp3) is 0.231. The quantitative estimate of drug-likeness (QED) is 0.822. The molecule has 17 heavy (non-hydrogen) atoms. The van der Waals surface area contributed by atoms with Gasteiger partial charge in [-0.3, -0.25) is 9.78 Å². The summed E-state index contributed by atoms with van der Waals surface area (Å²) >= 11 is 1.60. The van der Waals surface area contributed by atoms with Crippen molar-refractivity contribution in [3.05, 3.63) is 47.4 Å². The van der Waals surface area contributed by atoms with Gasteiger partial charge in [-0.1, -0.05) is 18.7 Å². The van der Waals surface area contributed by atoms with Crippen LogP contribution in [0, 0.1) is 0 Å². The Balaban J connectivity index is 1.91. The fourth-order valence-corrected chi connectivity index (χ4v) is 3.04. The molecule has 2 heterocycles. The van der Waals surface area contributed by atoms with Crippen molar-refractivity contribution in [2.45, 2.75) is 11.7 Å². The van der Waals surface area contributed by atoms with E-state index in [4.69, 9.17) is 0 Å². The van der Waals surface area contributed by atoms with Crippen molar-refractivity contribution in [1.82, 2.24) is 10.3 Å². The van der Waals surface area contributed by atoms with Crippen LogP contribution in [0.15, 0.2) is 30.6 Å². The van der Waals surface area contributed by atoms with Gasteiger partial charge >= 0.3 is 0 Å². The van der Waals surface area contributed by atoms with Gasteiger partial charge in [-0.15, -0.1) is 11.8 Å². The highest BCUT2D eigenvalue weighted by atomic mass is 32.2. The minimum atomic E-state index is -0.160. The molecule has 1 N–H and O–H groups in total. The van der Waals surface area contributed by atoms with Crippen molar-refractivity contribution in [3.8, 4) is 0 Å². The van der Waals surface area contributed by atoms with Gasteiger partial charge in [-0.05, 0) is 17.2 Å². The van der Waals surface area contributed by atoms with Crippen molar-refractivity contribution in [2.75, 3.05) is 5.75 Å². The van der Waals surface area contributed by atoms with Gasteiger partial charge < -0.3 is 5.32 Å². The summed E-state index contributed by atoms with van der Waals surface area (Å²) in [6.07, 6.45) is 6.88. The first kappa shape index (κ1) is 10.6. The molecule has 0 bridgehead atoms. The zero-order chi connectivity index (χ0) is 11.8. The molecule has 2 aliphatic rings. The standard InChI is InChI=1S/C13H12N2OS/c1-8-7-17-12(13(16)15-8)10-5-9-3-2-4-11(9)14-6-10/h2-3,5-6,12H,1,4,7H2,(H,15,16). The maximum atomic E-state index is 11.9. The number of hydrogen-bond donors (Lipinski definition) is 1. The Bertz CT molecular complexity index is 536. The maximum absolute atomic E-state index is 11.9. The van der Waals surface area contributed by atoms with Gasteiger partial charge in [0.25, 0.3) is 0 Å². The predicted octanol–water partition coefficient (Wildman–Crippen LogP) is 2.07. The van der Waals surface area contributed by atoms with Gasteiger partial charge in [0, 0.05) is 24.1 Å². The average Bonchev–Trinajstić information content (AvgIpc) is 2.75. The second-order valence-electron chi connectivity index (χ2n) is 4.19. The molecule has 0 spiro atoms. The van der Waals surface area contributed by atoms with E-state index in [9.17, 15) is 4.79 Å². The molecule has 1 aromatic heterocycles. The van der Waals surface area contributed by atoms with E-state index in [0.29, 0.717) is 0 Å². The van der Waals surface area contributed by atoms with Crippen LogP contribution in [0.2, 0.25) is 0 Å². The number of carbonyl (C=O) groups is 1. The van der Waals surface area contributed by atoms with E-state index in [1.54, 1.807) is 11.8 Å². The normalized spacial score (nSPS) is 22.5. The molecule has 1 aromatic rings. The molecule has 1 aliphatic heterocycles. The molecule has 4 heteroatoms. The third-order valence-corrected chi connectivity index (χ3v) is 4.23. The number of pyridine rings is 1. The number of nitrogens with zero attached hydrogens (tertiary/aromatic N) is 1. The van der Waals surface area contributed by atoms with Gasteiger partial charge in [-0.25, -0.2) is 0 Å². The molecule has 1 amide bonds. The van der Waals surface area contributed by atoms with E-state index in [1.807, 2.05) is 6.20 Å². The SMILES string of the molecule is C=C1CSC(c2cnc3c(c2)C=CC3)C(=O)N1. The van der Waals surface area contributed by atoms with Gasteiger partial charge in [-0.2, -0.15) is 0 Å². The Morgan fingerprint density at radius 3 is 3.24 bits per heavy atom. The first-order valence-corrected chi connectivity index (χ1v) is 6.54. The number of aromatic nitrogens is 1. The van der Waals surface area contributed by atoms with Crippen LogP contribution in [-0.4, -0.2) is 16.6 Å². The van der Waals surface area contributed by atoms with Gasteiger partial charge in [0.1, 0.15) is 5.25 Å². The average molecular weight is 244 g/mol. The van der Waals surface area contributed by atoms with Crippen LogP contribution < -0.4 is 5.32 Å². The number of fused-ring (bicyclic) bond motifs is 1. The minimum absolute atomic E-state index is 0.00924. The smallest absolute Gasteiger partial charge is 0.241 e. The number of rotatable bonds is 1. The summed E-state index contributed by atoms with van der Waals surface area (Å²) in [4.78, 5) is 16.3. The molecular formula is C13H12N2OS. The fourth-order valence-electron chi connectivity index (χ4n) is 2.07. The highest BCUT2D eigenvalue weighted by molar-refractivity contribution is 8.00. The zero-order valence-electron chi connectivity index (χ0n) is 9.27. The van der Waals surface area contributed by atoms with E-state index < -0.39 is 0 Å². The summed E-state index contributed by atoms with van der Waals surface area (Å²) in [6.45, 7) is 3.77. The summed E-state index contributed by atoms with van der Waals surface area (Å²) < 4.78 is 0. The molecular weight excluding hydrogens is 232 g/mol. The lowest BCUT2D eigenvalue weighted by molar-refractivity contribution is -0.120. The van der Waals surface area contributed by atoms with E-state index in [0.717, 1.165) is 34.7 Å². The third-order valence-electron chi connectivity index (χ3n) is 2.90. The number of nitrogens with one attached hydrogen (secondary N) is 1. The Labute approximate surface area is 104 Å². The zero-order valence-corrected chi connectivity index (χ0v) is 10.1. The molecule has 3 rings (SSSR count). The summed E-state index contributed by atoms with van der Waals surface area (Å²) in [7, 11) is 0. The van der Waals surface area contributed by atoms with Crippen LogP contribution in [0.5, 0.6) is 0 Å². The van der Waals surface area contributed by atoms with Gasteiger partial charge in [0.15, 0.2) is 0 Å². The summed E-state index contributed by atoms with van der Waals surface area (Å²) in [5.41, 5.74) is 4.00. The Morgan fingerprint density at radius 2 is 2.41 bits per heavy atom. The summed E-state index contributed by atoms with van der Waals surface area (Å²) in [5.74, 6) is 0.776. The molecule has 86 valence electrons. The largest absolute Gasteiger partial charge is 0.328 e. The monoisotopic (exact) mass is 244 g/mol. The highest BCUT2D eigenvalue weighted by Crippen LogP contribution is 2.34. The van der Waals surface area contributed by atoms with Crippen LogP contribution in [-0.2, 0) is 11.2 Å². The topological polar surface area (TPSA) is 42.0 Å². The molecule has 1 aliphatic carbocycles. The molecule has 0 aromatic carbocycles. The number of thioether (sulfide) groups is 1. The summed E-state index contributed by atoms with van der Waals surface area (Å²) in [5, 5.41) is 2.64. The van der Waals surface area contributed by atoms with Crippen LogP contribution in [0.1, 0.15) is 22.1 Å². The predicted molar refractivity (Wildman–Crippen MR) is 69.5 cm³/mol. The van der Waals surface area contributed by atoms with E-state index in [-0.39, 0.29) is 11.2 Å². The number of amides is 1. The van der Waals surface area contributed by atoms with Crippen molar-refractivity contribution in [3.63, 3.8) is 0 Å². The van der Waals surface area contributed by atoms with Crippen LogP contribution >= 0.6 is 11.8 Å². The van der Waals surface area contributed by atoms with Crippen LogP contribution in [0.25, 0.3) is 6.08 Å². The molecule has 0 saturated carbocycles. The molecule has 1 fully saturated rings. The first-order valence-electron chi connectivity index (χ1n) is 5.49. The molecule has 0 radical (unpaired) electrons. The van der Waals surface area contributed by atoms with Crippen molar-refractivity contribution in [2.24, 2.45) is 0 Å². The van der Waals surface area contributed by atoms with E-state index in [1.165, 1.54) is 0 Å². The van der Waals surface area contributed by atoms with Gasteiger partial charge in [0.05, 0.1) is 5.69 Å². The molecule has 1 unspecified atom stereocenters. The van der Waals surface area contributed by atoms with Crippen LogP contribution in [0.4, 0.5) is 0 Å². The van der Waals surface area contributed by atoms with Crippen molar-refractivity contribution in [1.29, 1.82) is 0 Å². The minimum Gasteiger partial charge on any atom is -0.328 e. The third kappa shape index (κ3) is 1.89. The maximum Gasteiger partial charge on any atom is 0.241 e. The Morgan fingerprint density at radius 1 is 1.53 bits per heavy atom. The Kier molecular flexibility index (Phi) is 2.52. The number of carbonyl (C=O) groups excluding carboxylic acids is 1. The van der Waals surface area contributed by atoms with Crippen LogP contribution in [0.3, 0.4) is 0 Å². The lowest BCUT2D eigenvalue weighted by Crippen LogP contribution is -2.32. The van der Waals surface area contributed by atoms with Gasteiger partial charge in [0.2, 0.25) is 5.91 Å². The first-order chi connectivity index (χ1) is 8.24. The summed E-state index contributed by atoms with van der Waals surface area (Å²) in [6, 6.07) is 2.07. The number of allylic oxidation sites excluding steroid dienone is 1. The lowest BCUT2D eigenvalue weighted by Gasteiger charge is -2.23. The lowest BCUT2D eigenvalue weighted by atomic mass is 10.1. The Hall–Kier alpha value is -1.55. The second kappa shape index (κ2) is 4.04. The number of hydrogen-bond acceptors (Lipinski definition) is 3. The molecule has 3 nitrogen and oxygen atoms in total. The van der Waals surface area contributed by atoms with E-state index in [2.05, 4.69) is 35.1 Å². The van der Waals surface area contributed by atoms with E-state index >= 15 is 0 Å². The van der Waals surface area contributed by atoms with Crippen molar-refractivity contribution < 1.29 is 4.79 Å². The second-order valence-corrected chi connectivity index (χ2v) is 5.29.